The molecule has 0 saturated carbocycles. The van der Waals surface area contributed by atoms with Gasteiger partial charge in [0.25, 0.3) is 0 Å². The first-order valence-corrected chi connectivity index (χ1v) is 7.08. The lowest BCUT2D eigenvalue weighted by atomic mass is 9.67. The Kier molecular flexibility index (Phi) is 3.50. The highest BCUT2D eigenvalue weighted by atomic mass is 19.4. The van der Waals surface area contributed by atoms with Crippen LogP contribution in [0, 0.1) is 5.41 Å². The molecule has 3 rings (SSSR count). The van der Waals surface area contributed by atoms with E-state index in [1.54, 1.807) is 0 Å². The maximum atomic E-state index is 13.1. The Bertz CT molecular complexity index is 534. The highest BCUT2D eigenvalue weighted by Crippen LogP contribution is 2.54. The standard InChI is InChI=1S/C15H18F3NO2/c16-15(17,18)11-4-2-1-3-10(11)13(20)14(8-19)7-9-5-6-12(14)21-9/h1-4,9,12-13,20H,5-8,19H2. The largest absolute Gasteiger partial charge is 0.416 e. The summed E-state index contributed by atoms with van der Waals surface area (Å²) in [5, 5.41) is 10.7. The van der Waals surface area contributed by atoms with Crippen molar-refractivity contribution in [2.75, 3.05) is 6.54 Å². The number of benzene rings is 1. The summed E-state index contributed by atoms with van der Waals surface area (Å²) in [4.78, 5) is 0. The van der Waals surface area contributed by atoms with Crippen LogP contribution in [-0.2, 0) is 10.9 Å². The van der Waals surface area contributed by atoms with Crippen LogP contribution < -0.4 is 5.73 Å². The van der Waals surface area contributed by atoms with Crippen molar-refractivity contribution < 1.29 is 23.0 Å². The number of fused-ring (bicyclic) bond motifs is 2. The van der Waals surface area contributed by atoms with E-state index in [9.17, 15) is 18.3 Å². The van der Waals surface area contributed by atoms with E-state index in [4.69, 9.17) is 10.5 Å². The highest BCUT2D eigenvalue weighted by molar-refractivity contribution is 5.33. The molecule has 1 aromatic rings. The zero-order chi connectivity index (χ0) is 15.3. The minimum atomic E-state index is -4.49. The summed E-state index contributed by atoms with van der Waals surface area (Å²) in [5.74, 6) is 0. The lowest BCUT2D eigenvalue weighted by Gasteiger charge is -2.39. The van der Waals surface area contributed by atoms with E-state index in [-0.39, 0.29) is 24.3 Å². The van der Waals surface area contributed by atoms with Crippen LogP contribution >= 0.6 is 0 Å². The van der Waals surface area contributed by atoms with Gasteiger partial charge in [0, 0.05) is 12.0 Å². The van der Waals surface area contributed by atoms with Crippen molar-refractivity contribution in [3.8, 4) is 0 Å². The zero-order valence-electron chi connectivity index (χ0n) is 11.4. The van der Waals surface area contributed by atoms with E-state index >= 15 is 0 Å². The van der Waals surface area contributed by atoms with Crippen molar-refractivity contribution in [3.63, 3.8) is 0 Å². The van der Waals surface area contributed by atoms with Gasteiger partial charge in [-0.3, -0.25) is 0 Å². The molecule has 2 aliphatic rings. The molecule has 0 aliphatic carbocycles. The molecule has 4 unspecified atom stereocenters. The van der Waals surface area contributed by atoms with Gasteiger partial charge in [-0.15, -0.1) is 0 Å². The molecule has 116 valence electrons. The molecule has 2 heterocycles. The lowest BCUT2D eigenvalue weighted by Crippen LogP contribution is -2.45. The molecular weight excluding hydrogens is 283 g/mol. The molecule has 0 spiro atoms. The second-order valence-corrected chi connectivity index (χ2v) is 5.95. The third kappa shape index (κ3) is 2.25. The van der Waals surface area contributed by atoms with Crippen LogP contribution in [0.2, 0.25) is 0 Å². The van der Waals surface area contributed by atoms with E-state index in [1.165, 1.54) is 18.2 Å². The van der Waals surface area contributed by atoms with Gasteiger partial charge in [0.1, 0.15) is 0 Å². The first kappa shape index (κ1) is 14.8. The number of hydrogen-bond donors (Lipinski definition) is 2. The van der Waals surface area contributed by atoms with E-state index in [0.717, 1.165) is 18.9 Å². The van der Waals surface area contributed by atoms with Crippen LogP contribution in [0.1, 0.15) is 36.5 Å². The van der Waals surface area contributed by atoms with E-state index < -0.39 is 23.3 Å². The van der Waals surface area contributed by atoms with Gasteiger partial charge in [0.05, 0.1) is 23.9 Å². The number of aliphatic hydroxyl groups is 1. The minimum Gasteiger partial charge on any atom is -0.388 e. The number of aliphatic hydroxyl groups excluding tert-OH is 1. The van der Waals surface area contributed by atoms with E-state index in [0.29, 0.717) is 6.42 Å². The number of ether oxygens (including phenoxy) is 1. The van der Waals surface area contributed by atoms with Crippen LogP contribution in [0.4, 0.5) is 13.2 Å². The predicted octanol–water partition coefficient (Wildman–Crippen LogP) is 2.64. The molecule has 3 nitrogen and oxygen atoms in total. The summed E-state index contributed by atoms with van der Waals surface area (Å²) >= 11 is 0. The first-order valence-electron chi connectivity index (χ1n) is 7.08. The molecular formula is C15H18F3NO2. The van der Waals surface area contributed by atoms with Crippen molar-refractivity contribution in [3.05, 3.63) is 35.4 Å². The van der Waals surface area contributed by atoms with E-state index in [1.807, 2.05) is 0 Å². The fourth-order valence-electron chi connectivity index (χ4n) is 3.75. The Hall–Kier alpha value is -1.11. The summed E-state index contributed by atoms with van der Waals surface area (Å²) in [6.07, 6.45) is -3.87. The molecule has 2 aliphatic heterocycles. The normalized spacial score (nSPS) is 33.4. The second-order valence-electron chi connectivity index (χ2n) is 5.95. The number of halogens is 3. The Morgan fingerprint density at radius 3 is 2.57 bits per heavy atom. The van der Waals surface area contributed by atoms with Crippen molar-refractivity contribution in [2.45, 2.75) is 43.8 Å². The van der Waals surface area contributed by atoms with Crippen molar-refractivity contribution >= 4 is 0 Å². The maximum Gasteiger partial charge on any atom is 0.416 e. The lowest BCUT2D eigenvalue weighted by molar-refractivity contribution is -0.140. The fraction of sp³-hybridized carbons (Fsp3) is 0.600. The van der Waals surface area contributed by atoms with Gasteiger partial charge in [0.2, 0.25) is 0 Å². The average molecular weight is 301 g/mol. The van der Waals surface area contributed by atoms with Crippen LogP contribution in [-0.4, -0.2) is 23.9 Å². The van der Waals surface area contributed by atoms with Crippen molar-refractivity contribution in [1.29, 1.82) is 0 Å². The third-order valence-electron chi connectivity index (χ3n) is 4.84. The average Bonchev–Trinajstić information content (AvgIpc) is 3.06. The minimum absolute atomic E-state index is 0.00579. The Morgan fingerprint density at radius 1 is 1.33 bits per heavy atom. The second kappa shape index (κ2) is 4.97. The summed E-state index contributed by atoms with van der Waals surface area (Å²) in [5.41, 5.74) is 4.11. The van der Waals surface area contributed by atoms with Crippen molar-refractivity contribution in [2.24, 2.45) is 11.1 Å². The number of hydrogen-bond acceptors (Lipinski definition) is 3. The van der Waals surface area contributed by atoms with Crippen LogP contribution in [0.15, 0.2) is 24.3 Å². The first-order chi connectivity index (χ1) is 9.88. The third-order valence-corrected chi connectivity index (χ3v) is 4.84. The van der Waals surface area contributed by atoms with Gasteiger partial charge in [-0.25, -0.2) is 0 Å². The summed E-state index contributed by atoms with van der Waals surface area (Å²) in [6.45, 7) is 0.113. The number of rotatable bonds is 3. The SMILES string of the molecule is NCC1(C(O)c2ccccc2C(F)(F)F)CC2CCC1O2. The fourth-order valence-corrected chi connectivity index (χ4v) is 3.75. The smallest absolute Gasteiger partial charge is 0.388 e. The Labute approximate surface area is 120 Å². The zero-order valence-corrected chi connectivity index (χ0v) is 11.4. The molecule has 4 atom stereocenters. The molecule has 0 amide bonds. The summed E-state index contributed by atoms with van der Waals surface area (Å²) < 4.78 is 45.1. The molecule has 2 bridgehead atoms. The summed E-state index contributed by atoms with van der Waals surface area (Å²) in [6, 6.07) is 5.16. The Balaban J connectivity index is 2.01. The maximum absolute atomic E-state index is 13.1. The Morgan fingerprint density at radius 2 is 2.05 bits per heavy atom. The van der Waals surface area contributed by atoms with E-state index in [2.05, 4.69) is 0 Å². The van der Waals surface area contributed by atoms with Gasteiger partial charge in [-0.2, -0.15) is 13.2 Å². The molecule has 2 saturated heterocycles. The molecule has 3 N–H and O–H groups in total. The van der Waals surface area contributed by atoms with Gasteiger partial charge in [-0.1, -0.05) is 18.2 Å². The van der Waals surface area contributed by atoms with Gasteiger partial charge in [-0.05, 0) is 30.9 Å². The monoisotopic (exact) mass is 301 g/mol. The molecule has 2 fully saturated rings. The predicted molar refractivity (Wildman–Crippen MR) is 70.4 cm³/mol. The highest BCUT2D eigenvalue weighted by Gasteiger charge is 2.56. The number of nitrogens with two attached hydrogens (primary N) is 1. The van der Waals surface area contributed by atoms with Crippen LogP contribution in [0.25, 0.3) is 0 Å². The van der Waals surface area contributed by atoms with Crippen LogP contribution in [0.5, 0.6) is 0 Å². The molecule has 1 aromatic carbocycles. The number of alkyl halides is 3. The topological polar surface area (TPSA) is 55.5 Å². The summed E-state index contributed by atoms with van der Waals surface area (Å²) in [7, 11) is 0. The van der Waals surface area contributed by atoms with Gasteiger partial charge >= 0.3 is 6.18 Å². The molecule has 6 heteroatoms. The quantitative estimate of drug-likeness (QED) is 0.902. The van der Waals surface area contributed by atoms with Gasteiger partial charge < -0.3 is 15.6 Å². The van der Waals surface area contributed by atoms with Crippen molar-refractivity contribution in [1.82, 2.24) is 0 Å². The molecule has 21 heavy (non-hydrogen) atoms. The van der Waals surface area contributed by atoms with Crippen LogP contribution in [0.3, 0.4) is 0 Å². The van der Waals surface area contributed by atoms with Gasteiger partial charge in [0.15, 0.2) is 0 Å². The molecule has 0 radical (unpaired) electrons. The molecule has 0 aromatic heterocycles.